The van der Waals surface area contributed by atoms with Gasteiger partial charge in [-0.15, -0.1) is 0 Å². The number of hydrogen-bond acceptors (Lipinski definition) is 2. The van der Waals surface area contributed by atoms with Gasteiger partial charge in [-0.05, 0) is 70.3 Å². The second-order valence-corrected chi connectivity index (χ2v) is 8.71. The standard InChI is InChI=1S/C23H29BrN2/c1-14(2)18-9-7-10-19(15(3)4)23(18)25-16(5)21-13-12-17-8-6-11-20(24)22(17)26-21/h6-11,14-15,21,26H,12-13H2,1-5H3. The van der Waals surface area contributed by atoms with Crippen molar-refractivity contribution in [2.24, 2.45) is 4.99 Å². The predicted octanol–water partition coefficient (Wildman–Crippen LogP) is 7.22. The summed E-state index contributed by atoms with van der Waals surface area (Å²) in [6, 6.07) is 13.3. The Kier molecular flexibility index (Phi) is 5.86. The lowest BCUT2D eigenvalue weighted by Crippen LogP contribution is -2.32. The van der Waals surface area contributed by atoms with Crippen LogP contribution in [0.15, 0.2) is 45.9 Å². The highest BCUT2D eigenvalue weighted by molar-refractivity contribution is 9.10. The van der Waals surface area contributed by atoms with Crippen LogP contribution in [0.3, 0.4) is 0 Å². The summed E-state index contributed by atoms with van der Waals surface area (Å²) in [4.78, 5) is 5.17. The molecular formula is C23H29BrN2. The van der Waals surface area contributed by atoms with Crippen molar-refractivity contribution >= 4 is 33.0 Å². The van der Waals surface area contributed by atoms with Crippen molar-refractivity contribution in [2.45, 2.75) is 65.3 Å². The summed E-state index contributed by atoms with van der Waals surface area (Å²) in [5, 5.41) is 3.70. The van der Waals surface area contributed by atoms with Crippen LogP contribution >= 0.6 is 15.9 Å². The van der Waals surface area contributed by atoms with Crippen molar-refractivity contribution in [1.29, 1.82) is 0 Å². The van der Waals surface area contributed by atoms with E-state index in [4.69, 9.17) is 4.99 Å². The highest BCUT2D eigenvalue weighted by Gasteiger charge is 2.22. The molecule has 1 aliphatic heterocycles. The average molecular weight is 413 g/mol. The van der Waals surface area contributed by atoms with Crippen molar-refractivity contribution in [3.05, 3.63) is 57.6 Å². The van der Waals surface area contributed by atoms with E-state index in [1.54, 1.807) is 0 Å². The Morgan fingerprint density at radius 1 is 1.04 bits per heavy atom. The van der Waals surface area contributed by atoms with E-state index in [0.717, 1.165) is 17.3 Å². The highest BCUT2D eigenvalue weighted by Crippen LogP contribution is 2.36. The molecule has 3 rings (SSSR count). The zero-order chi connectivity index (χ0) is 18.8. The first kappa shape index (κ1) is 19.2. The lowest BCUT2D eigenvalue weighted by atomic mass is 9.92. The number of nitrogens with zero attached hydrogens (tertiary/aromatic N) is 1. The minimum atomic E-state index is 0.279. The Morgan fingerprint density at radius 2 is 1.65 bits per heavy atom. The van der Waals surface area contributed by atoms with E-state index in [0.29, 0.717) is 11.8 Å². The Hall–Kier alpha value is -1.61. The van der Waals surface area contributed by atoms with E-state index in [9.17, 15) is 0 Å². The molecule has 0 amide bonds. The number of halogens is 1. The lowest BCUT2D eigenvalue weighted by Gasteiger charge is -2.28. The van der Waals surface area contributed by atoms with Crippen LogP contribution in [-0.4, -0.2) is 11.8 Å². The molecule has 1 aliphatic rings. The number of fused-ring (bicyclic) bond motifs is 1. The van der Waals surface area contributed by atoms with Crippen molar-refractivity contribution < 1.29 is 0 Å². The number of aryl methyl sites for hydroxylation is 1. The van der Waals surface area contributed by atoms with Gasteiger partial charge in [0.15, 0.2) is 0 Å². The summed E-state index contributed by atoms with van der Waals surface area (Å²) < 4.78 is 1.14. The van der Waals surface area contributed by atoms with Gasteiger partial charge in [0.25, 0.3) is 0 Å². The fourth-order valence-corrected chi connectivity index (χ4v) is 4.22. The van der Waals surface area contributed by atoms with E-state index in [1.165, 1.54) is 33.8 Å². The van der Waals surface area contributed by atoms with Gasteiger partial charge in [0, 0.05) is 10.2 Å². The van der Waals surface area contributed by atoms with Crippen LogP contribution in [0.25, 0.3) is 0 Å². The smallest absolute Gasteiger partial charge is 0.0698 e. The van der Waals surface area contributed by atoms with Gasteiger partial charge in [-0.1, -0.05) is 58.0 Å². The summed E-state index contributed by atoms with van der Waals surface area (Å²) in [6.07, 6.45) is 2.17. The molecule has 2 aromatic rings. The lowest BCUT2D eigenvalue weighted by molar-refractivity contribution is 0.752. The molecule has 1 atom stereocenters. The number of anilines is 1. The molecule has 1 N–H and O–H groups in total. The SMILES string of the molecule is CC(=Nc1c(C(C)C)cccc1C(C)C)C1CCc2cccc(Br)c2N1. The Morgan fingerprint density at radius 3 is 2.27 bits per heavy atom. The van der Waals surface area contributed by atoms with Crippen molar-refractivity contribution in [3.63, 3.8) is 0 Å². The maximum Gasteiger partial charge on any atom is 0.0698 e. The number of rotatable bonds is 4. The average Bonchev–Trinajstić information content (AvgIpc) is 2.61. The van der Waals surface area contributed by atoms with E-state index in [1.807, 2.05) is 0 Å². The molecule has 0 aromatic heterocycles. The molecule has 2 nitrogen and oxygen atoms in total. The van der Waals surface area contributed by atoms with Gasteiger partial charge < -0.3 is 5.32 Å². The number of para-hydroxylation sites is 2. The van der Waals surface area contributed by atoms with Crippen LogP contribution in [0.4, 0.5) is 11.4 Å². The summed E-state index contributed by atoms with van der Waals surface area (Å²) in [6.45, 7) is 11.2. The molecule has 0 saturated heterocycles. The molecule has 26 heavy (non-hydrogen) atoms. The van der Waals surface area contributed by atoms with Gasteiger partial charge in [-0.25, -0.2) is 0 Å². The fourth-order valence-electron chi connectivity index (χ4n) is 3.69. The van der Waals surface area contributed by atoms with Crippen molar-refractivity contribution in [1.82, 2.24) is 0 Å². The van der Waals surface area contributed by atoms with Crippen LogP contribution in [0.1, 0.15) is 69.6 Å². The predicted molar refractivity (Wildman–Crippen MR) is 117 cm³/mol. The normalized spacial score (nSPS) is 17.4. The number of benzene rings is 2. The van der Waals surface area contributed by atoms with Gasteiger partial charge in [0.1, 0.15) is 0 Å². The summed E-state index contributed by atoms with van der Waals surface area (Å²) in [5.74, 6) is 0.934. The summed E-state index contributed by atoms with van der Waals surface area (Å²) in [5.41, 5.74) is 7.63. The van der Waals surface area contributed by atoms with Gasteiger partial charge in [-0.2, -0.15) is 0 Å². The first-order chi connectivity index (χ1) is 12.4. The van der Waals surface area contributed by atoms with E-state index >= 15 is 0 Å². The molecule has 0 aliphatic carbocycles. The molecule has 138 valence electrons. The second kappa shape index (κ2) is 7.96. The van der Waals surface area contributed by atoms with E-state index in [-0.39, 0.29) is 6.04 Å². The largest absolute Gasteiger partial charge is 0.376 e. The quantitative estimate of drug-likeness (QED) is 0.526. The zero-order valence-corrected chi connectivity index (χ0v) is 18.0. The molecule has 0 bridgehead atoms. The molecule has 0 spiro atoms. The first-order valence-electron chi connectivity index (χ1n) is 9.60. The van der Waals surface area contributed by atoms with Gasteiger partial charge in [-0.3, -0.25) is 4.99 Å². The molecule has 0 radical (unpaired) electrons. The minimum absolute atomic E-state index is 0.279. The van der Waals surface area contributed by atoms with Gasteiger partial charge >= 0.3 is 0 Å². The molecule has 1 unspecified atom stereocenters. The molecule has 0 fully saturated rings. The van der Waals surface area contributed by atoms with E-state index in [2.05, 4.69) is 92.3 Å². The number of hydrogen-bond donors (Lipinski definition) is 1. The molecule has 2 aromatic carbocycles. The Bertz CT molecular complexity index is 795. The third kappa shape index (κ3) is 3.88. The zero-order valence-electron chi connectivity index (χ0n) is 16.4. The topological polar surface area (TPSA) is 24.4 Å². The maximum atomic E-state index is 5.17. The Labute approximate surface area is 166 Å². The third-order valence-corrected chi connectivity index (χ3v) is 5.92. The molecule has 0 saturated carbocycles. The van der Waals surface area contributed by atoms with Crippen LogP contribution in [-0.2, 0) is 6.42 Å². The molecular weight excluding hydrogens is 384 g/mol. The maximum absolute atomic E-state index is 5.17. The van der Waals surface area contributed by atoms with Gasteiger partial charge in [0.2, 0.25) is 0 Å². The van der Waals surface area contributed by atoms with Crippen LogP contribution in [0.2, 0.25) is 0 Å². The molecule has 3 heteroatoms. The van der Waals surface area contributed by atoms with Crippen LogP contribution < -0.4 is 5.32 Å². The third-order valence-electron chi connectivity index (χ3n) is 5.26. The van der Waals surface area contributed by atoms with Crippen molar-refractivity contribution in [3.8, 4) is 0 Å². The summed E-state index contributed by atoms with van der Waals surface area (Å²) in [7, 11) is 0. The fraction of sp³-hybridized carbons (Fsp3) is 0.435. The first-order valence-corrected chi connectivity index (χ1v) is 10.4. The summed E-state index contributed by atoms with van der Waals surface area (Å²) >= 11 is 3.68. The van der Waals surface area contributed by atoms with Crippen molar-refractivity contribution in [2.75, 3.05) is 5.32 Å². The van der Waals surface area contributed by atoms with Crippen LogP contribution in [0.5, 0.6) is 0 Å². The monoisotopic (exact) mass is 412 g/mol. The highest BCUT2D eigenvalue weighted by atomic mass is 79.9. The van der Waals surface area contributed by atoms with Crippen LogP contribution in [0, 0.1) is 0 Å². The number of nitrogens with one attached hydrogen (secondary N) is 1. The molecule has 1 heterocycles. The number of aliphatic imine (C=N–C) groups is 1. The second-order valence-electron chi connectivity index (χ2n) is 7.86. The van der Waals surface area contributed by atoms with E-state index < -0.39 is 0 Å². The minimum Gasteiger partial charge on any atom is -0.376 e. The Balaban J connectivity index is 1.97. The van der Waals surface area contributed by atoms with Gasteiger partial charge in [0.05, 0.1) is 17.4 Å².